The van der Waals surface area contributed by atoms with E-state index in [0.29, 0.717) is 52.6 Å². The van der Waals surface area contributed by atoms with Crippen LogP contribution in [0.4, 0.5) is 30.9 Å². The van der Waals surface area contributed by atoms with Gasteiger partial charge in [0.2, 0.25) is 11.9 Å². The summed E-state index contributed by atoms with van der Waals surface area (Å²) in [5, 5.41) is 0. The number of rotatable bonds is 3. The minimum Gasteiger partial charge on any atom is -0.384 e. The fraction of sp³-hybridized carbons (Fsp3) is 0.579. The predicted molar refractivity (Wildman–Crippen MR) is 107 cm³/mol. The molecule has 5 rings (SSSR count). The molecule has 2 aromatic heterocycles. The van der Waals surface area contributed by atoms with Crippen LogP contribution >= 0.6 is 0 Å². The van der Waals surface area contributed by atoms with Gasteiger partial charge in [-0.2, -0.15) is 28.1 Å². The van der Waals surface area contributed by atoms with Crippen LogP contribution in [-0.2, 0) is 20.4 Å². The van der Waals surface area contributed by atoms with Gasteiger partial charge in [0.15, 0.2) is 5.82 Å². The average Bonchev–Trinajstić information content (AvgIpc) is 3.23. The van der Waals surface area contributed by atoms with E-state index >= 15 is 0 Å². The Bertz CT molecular complexity index is 973. The lowest BCUT2D eigenvalue weighted by atomic mass is 10.1. The van der Waals surface area contributed by atoms with Gasteiger partial charge in [0.05, 0.1) is 37.6 Å². The maximum Gasteiger partial charge on any atom is 0.417 e. The Morgan fingerprint density at radius 3 is 2.16 bits per heavy atom. The highest BCUT2D eigenvalue weighted by molar-refractivity contribution is 5.64. The third kappa shape index (κ3) is 4.14. The summed E-state index contributed by atoms with van der Waals surface area (Å²) in [7, 11) is 0. The molecule has 0 amide bonds. The SMILES string of the molecule is Nc1cc(C(F)(F)F)c(-c2nc(N3CCOCC3)nc(N3C[C@@H]4OCCO[C@H]4C3)n2)cn1. The van der Waals surface area contributed by atoms with Gasteiger partial charge < -0.3 is 29.7 Å². The van der Waals surface area contributed by atoms with Crippen LogP contribution in [0.15, 0.2) is 12.3 Å². The number of morpholine rings is 1. The molecule has 0 aromatic carbocycles. The standard InChI is InChI=1S/C19H22F3N7O3/c20-19(21,22)12-7-15(23)24-8-11(12)16-25-17(28-1-3-30-4-2-28)27-18(26-16)29-9-13-14(10-29)32-6-5-31-13/h7-8,13-14H,1-6,9-10H2,(H2,23,24)/t13-,14-/m0/s1. The van der Waals surface area contributed by atoms with E-state index in [0.717, 1.165) is 12.3 Å². The molecule has 0 saturated carbocycles. The number of hydrogen-bond donors (Lipinski definition) is 1. The number of alkyl halides is 3. The molecular weight excluding hydrogens is 431 g/mol. The zero-order valence-corrected chi connectivity index (χ0v) is 17.1. The maximum atomic E-state index is 13.7. The number of pyridine rings is 1. The summed E-state index contributed by atoms with van der Waals surface area (Å²) in [6.07, 6.45) is -3.88. The number of anilines is 3. The molecule has 5 heterocycles. The topological polar surface area (TPSA) is 112 Å². The normalized spacial score (nSPS) is 24.0. The molecule has 2 N–H and O–H groups in total. The molecule has 3 fully saturated rings. The summed E-state index contributed by atoms with van der Waals surface area (Å²) in [5.41, 5.74) is 4.32. The van der Waals surface area contributed by atoms with Crippen molar-refractivity contribution in [2.24, 2.45) is 0 Å². The van der Waals surface area contributed by atoms with Crippen molar-refractivity contribution in [3.63, 3.8) is 0 Å². The molecule has 2 atom stereocenters. The Morgan fingerprint density at radius 2 is 1.53 bits per heavy atom. The number of hydrogen-bond acceptors (Lipinski definition) is 10. The van der Waals surface area contributed by atoms with Crippen molar-refractivity contribution >= 4 is 17.7 Å². The molecule has 10 nitrogen and oxygen atoms in total. The summed E-state index contributed by atoms with van der Waals surface area (Å²) < 4.78 is 58.1. The van der Waals surface area contributed by atoms with Gasteiger partial charge in [-0.1, -0.05) is 0 Å². The Balaban J connectivity index is 1.58. The van der Waals surface area contributed by atoms with Gasteiger partial charge in [0.25, 0.3) is 0 Å². The molecule has 13 heteroatoms. The third-order valence-electron chi connectivity index (χ3n) is 5.62. The number of nitrogens with two attached hydrogens (primary N) is 1. The molecule has 2 aromatic rings. The molecule has 172 valence electrons. The van der Waals surface area contributed by atoms with Crippen LogP contribution in [0.5, 0.6) is 0 Å². The van der Waals surface area contributed by atoms with Crippen molar-refractivity contribution in [3.05, 3.63) is 17.8 Å². The van der Waals surface area contributed by atoms with Crippen molar-refractivity contribution in [3.8, 4) is 11.4 Å². The molecule has 3 aliphatic rings. The van der Waals surface area contributed by atoms with E-state index < -0.39 is 11.7 Å². The van der Waals surface area contributed by atoms with Gasteiger partial charge in [-0.25, -0.2) is 4.98 Å². The van der Waals surface area contributed by atoms with E-state index in [2.05, 4.69) is 19.9 Å². The smallest absolute Gasteiger partial charge is 0.384 e. The molecular formula is C19H22F3N7O3. The lowest BCUT2D eigenvalue weighted by Gasteiger charge is -2.28. The number of fused-ring (bicyclic) bond motifs is 1. The van der Waals surface area contributed by atoms with Crippen molar-refractivity contribution in [1.82, 2.24) is 19.9 Å². The minimum absolute atomic E-state index is 0.118. The van der Waals surface area contributed by atoms with E-state index in [1.54, 1.807) is 0 Å². The van der Waals surface area contributed by atoms with E-state index in [4.69, 9.17) is 19.9 Å². The van der Waals surface area contributed by atoms with Crippen molar-refractivity contribution in [1.29, 1.82) is 0 Å². The molecule has 0 spiro atoms. The van der Waals surface area contributed by atoms with Crippen LogP contribution < -0.4 is 15.5 Å². The van der Waals surface area contributed by atoms with E-state index in [9.17, 15) is 13.2 Å². The largest absolute Gasteiger partial charge is 0.417 e. The fourth-order valence-corrected chi connectivity index (χ4v) is 4.03. The van der Waals surface area contributed by atoms with E-state index in [-0.39, 0.29) is 41.3 Å². The Morgan fingerprint density at radius 1 is 0.906 bits per heavy atom. The summed E-state index contributed by atoms with van der Waals surface area (Å²) in [5.74, 6) is 0.202. The van der Waals surface area contributed by atoms with Crippen molar-refractivity contribution < 1.29 is 27.4 Å². The maximum absolute atomic E-state index is 13.7. The van der Waals surface area contributed by atoms with Gasteiger partial charge in [-0.3, -0.25) is 0 Å². The molecule has 3 aliphatic heterocycles. The van der Waals surface area contributed by atoms with Crippen LogP contribution in [-0.4, -0.2) is 84.8 Å². The molecule has 0 aliphatic carbocycles. The number of halogens is 3. The minimum atomic E-state index is -4.65. The highest BCUT2D eigenvalue weighted by Gasteiger charge is 2.39. The number of ether oxygens (including phenoxy) is 3. The summed E-state index contributed by atoms with van der Waals surface area (Å²) in [6, 6.07) is 0.791. The Hall–Kier alpha value is -2.77. The van der Waals surface area contributed by atoms with Gasteiger partial charge in [-0.05, 0) is 6.07 Å². The third-order valence-corrected chi connectivity index (χ3v) is 5.62. The zero-order valence-electron chi connectivity index (χ0n) is 17.1. The van der Waals surface area contributed by atoms with Gasteiger partial charge in [0, 0.05) is 32.4 Å². The summed E-state index contributed by atoms with van der Waals surface area (Å²) in [4.78, 5) is 20.9. The Labute approximate surface area is 181 Å². The monoisotopic (exact) mass is 453 g/mol. The second-order valence-corrected chi connectivity index (χ2v) is 7.73. The van der Waals surface area contributed by atoms with E-state index in [1.165, 1.54) is 0 Å². The van der Waals surface area contributed by atoms with Gasteiger partial charge in [-0.15, -0.1) is 0 Å². The molecule has 0 bridgehead atoms. The van der Waals surface area contributed by atoms with Crippen molar-refractivity contribution in [2.75, 3.05) is 68.1 Å². The van der Waals surface area contributed by atoms with Crippen LogP contribution in [0.2, 0.25) is 0 Å². The highest BCUT2D eigenvalue weighted by atomic mass is 19.4. The number of aromatic nitrogens is 4. The first-order valence-corrected chi connectivity index (χ1v) is 10.3. The number of nitrogens with zero attached hydrogens (tertiary/aromatic N) is 6. The van der Waals surface area contributed by atoms with Crippen LogP contribution in [0.25, 0.3) is 11.4 Å². The van der Waals surface area contributed by atoms with Gasteiger partial charge >= 0.3 is 6.18 Å². The zero-order chi connectivity index (χ0) is 22.3. The first-order valence-electron chi connectivity index (χ1n) is 10.3. The number of nitrogen functional groups attached to an aromatic ring is 1. The second kappa shape index (κ2) is 8.30. The lowest BCUT2D eigenvalue weighted by Crippen LogP contribution is -2.38. The van der Waals surface area contributed by atoms with Crippen LogP contribution in [0, 0.1) is 0 Å². The summed E-state index contributed by atoms with van der Waals surface area (Å²) >= 11 is 0. The molecule has 32 heavy (non-hydrogen) atoms. The first kappa shape index (κ1) is 21.1. The predicted octanol–water partition coefficient (Wildman–Crippen LogP) is 0.975. The molecule has 0 radical (unpaired) electrons. The Kier molecular flexibility index (Phi) is 5.47. The van der Waals surface area contributed by atoms with E-state index in [1.807, 2.05) is 9.80 Å². The van der Waals surface area contributed by atoms with Gasteiger partial charge in [0.1, 0.15) is 18.0 Å². The van der Waals surface area contributed by atoms with Crippen LogP contribution in [0.3, 0.4) is 0 Å². The molecule has 3 saturated heterocycles. The summed E-state index contributed by atoms with van der Waals surface area (Å²) in [6.45, 7) is 3.95. The average molecular weight is 453 g/mol. The second-order valence-electron chi connectivity index (χ2n) is 7.73. The highest BCUT2D eigenvalue weighted by Crippen LogP contribution is 2.37. The molecule has 0 unspecified atom stereocenters. The quantitative estimate of drug-likeness (QED) is 0.722. The van der Waals surface area contributed by atoms with Crippen LogP contribution in [0.1, 0.15) is 5.56 Å². The first-order chi connectivity index (χ1) is 15.4. The fourth-order valence-electron chi connectivity index (χ4n) is 4.03. The lowest BCUT2D eigenvalue weighted by molar-refractivity contribution is -0.137. The van der Waals surface area contributed by atoms with Crippen molar-refractivity contribution in [2.45, 2.75) is 18.4 Å².